The first kappa shape index (κ1) is 21.2. The smallest absolute Gasteiger partial charge is 0.330 e. The fourth-order valence-corrected chi connectivity index (χ4v) is 2.61. The maximum atomic E-state index is 12.3. The molecule has 0 radical (unpaired) electrons. The third-order valence-electron chi connectivity index (χ3n) is 3.91. The van der Waals surface area contributed by atoms with Crippen LogP contribution in [0.4, 0.5) is 5.69 Å². The molecule has 9 heteroatoms. The SMILES string of the molecule is CCCNC(=O)c1ccc(Cl)cc1NC(=O)/C=C/c1cn(C)c(=O)n(C)c1=O. The summed E-state index contributed by atoms with van der Waals surface area (Å²) in [6.07, 6.45) is 4.57. The Labute approximate surface area is 166 Å². The molecule has 0 spiro atoms. The number of nitrogens with zero attached hydrogens (tertiary/aromatic N) is 2. The van der Waals surface area contributed by atoms with Crippen LogP contribution < -0.4 is 21.9 Å². The van der Waals surface area contributed by atoms with E-state index >= 15 is 0 Å². The Hall–Kier alpha value is -3.13. The van der Waals surface area contributed by atoms with E-state index in [0.29, 0.717) is 11.6 Å². The Morgan fingerprint density at radius 2 is 1.93 bits per heavy atom. The summed E-state index contributed by atoms with van der Waals surface area (Å²) in [5.74, 6) is -0.882. The van der Waals surface area contributed by atoms with Gasteiger partial charge in [-0.15, -0.1) is 0 Å². The zero-order valence-electron chi connectivity index (χ0n) is 15.8. The lowest BCUT2D eigenvalue weighted by atomic mass is 10.1. The zero-order valence-corrected chi connectivity index (χ0v) is 16.5. The summed E-state index contributed by atoms with van der Waals surface area (Å²) in [4.78, 5) is 48.3. The van der Waals surface area contributed by atoms with E-state index in [1.165, 1.54) is 43.1 Å². The van der Waals surface area contributed by atoms with Crippen molar-refractivity contribution >= 4 is 35.2 Å². The van der Waals surface area contributed by atoms with Crippen LogP contribution in [-0.4, -0.2) is 27.5 Å². The Balaban J connectivity index is 2.25. The van der Waals surface area contributed by atoms with Crippen LogP contribution in [0.5, 0.6) is 0 Å². The Bertz CT molecular complexity index is 1050. The number of aromatic nitrogens is 2. The van der Waals surface area contributed by atoms with Gasteiger partial charge in [0.05, 0.1) is 16.8 Å². The maximum Gasteiger partial charge on any atom is 0.330 e. The molecular weight excluding hydrogens is 384 g/mol. The number of carbonyl (C=O) groups is 2. The number of nitrogens with one attached hydrogen (secondary N) is 2. The van der Waals surface area contributed by atoms with Gasteiger partial charge in [0.15, 0.2) is 0 Å². The molecule has 0 aliphatic carbocycles. The molecule has 2 aromatic rings. The largest absolute Gasteiger partial charge is 0.352 e. The number of hydrogen-bond acceptors (Lipinski definition) is 4. The minimum atomic E-state index is -0.553. The Kier molecular flexibility index (Phi) is 6.94. The van der Waals surface area contributed by atoms with Crippen molar-refractivity contribution in [3.05, 3.63) is 67.5 Å². The molecule has 0 aliphatic rings. The van der Waals surface area contributed by atoms with Crippen LogP contribution in [0.3, 0.4) is 0 Å². The molecule has 0 fully saturated rings. The first-order chi connectivity index (χ1) is 13.2. The van der Waals surface area contributed by atoms with Crippen molar-refractivity contribution in [3.8, 4) is 0 Å². The second-order valence-electron chi connectivity index (χ2n) is 6.11. The van der Waals surface area contributed by atoms with Crippen molar-refractivity contribution in [2.24, 2.45) is 14.1 Å². The number of rotatable bonds is 6. The topological polar surface area (TPSA) is 102 Å². The van der Waals surface area contributed by atoms with Gasteiger partial charge in [-0.3, -0.25) is 19.0 Å². The van der Waals surface area contributed by atoms with Gasteiger partial charge in [0.1, 0.15) is 0 Å². The first-order valence-corrected chi connectivity index (χ1v) is 8.95. The third-order valence-corrected chi connectivity index (χ3v) is 4.14. The van der Waals surface area contributed by atoms with Crippen molar-refractivity contribution in [1.29, 1.82) is 0 Å². The molecular formula is C19H21ClN4O4. The quantitative estimate of drug-likeness (QED) is 0.712. The van der Waals surface area contributed by atoms with Gasteiger partial charge in [0, 0.05) is 37.9 Å². The van der Waals surface area contributed by atoms with Crippen molar-refractivity contribution < 1.29 is 9.59 Å². The van der Waals surface area contributed by atoms with Crippen molar-refractivity contribution in [3.63, 3.8) is 0 Å². The molecule has 28 heavy (non-hydrogen) atoms. The van der Waals surface area contributed by atoms with Gasteiger partial charge in [-0.2, -0.15) is 0 Å². The fourth-order valence-electron chi connectivity index (χ4n) is 2.44. The standard InChI is InChI=1S/C19H21ClN4O4/c1-4-9-21-17(26)14-7-6-13(20)10-15(14)22-16(25)8-5-12-11-23(2)19(28)24(3)18(12)27/h5-8,10-11H,4,9H2,1-3H3,(H,21,26)(H,22,25)/b8-5+. The molecule has 2 N–H and O–H groups in total. The van der Waals surface area contributed by atoms with Gasteiger partial charge in [-0.05, 0) is 30.7 Å². The normalized spacial score (nSPS) is 10.9. The summed E-state index contributed by atoms with van der Waals surface area (Å²) in [7, 11) is 2.86. The molecule has 2 rings (SSSR count). The summed E-state index contributed by atoms with van der Waals surface area (Å²) >= 11 is 5.98. The summed E-state index contributed by atoms with van der Waals surface area (Å²) < 4.78 is 2.19. The Morgan fingerprint density at radius 1 is 1.21 bits per heavy atom. The second-order valence-corrected chi connectivity index (χ2v) is 6.55. The van der Waals surface area contributed by atoms with Crippen molar-refractivity contribution in [1.82, 2.24) is 14.5 Å². The highest BCUT2D eigenvalue weighted by molar-refractivity contribution is 6.31. The minimum Gasteiger partial charge on any atom is -0.352 e. The molecule has 1 aromatic carbocycles. The first-order valence-electron chi connectivity index (χ1n) is 8.58. The predicted octanol–water partition coefficient (Wildman–Crippen LogP) is 1.53. The van der Waals surface area contributed by atoms with Crippen LogP contribution in [0.25, 0.3) is 6.08 Å². The lowest BCUT2D eigenvalue weighted by Gasteiger charge is -2.10. The lowest BCUT2D eigenvalue weighted by Crippen LogP contribution is -2.37. The summed E-state index contributed by atoms with van der Waals surface area (Å²) in [6, 6.07) is 4.55. The van der Waals surface area contributed by atoms with Crippen LogP contribution in [0.15, 0.2) is 40.1 Å². The van der Waals surface area contributed by atoms with Crippen LogP contribution in [0.1, 0.15) is 29.3 Å². The molecule has 0 unspecified atom stereocenters. The van der Waals surface area contributed by atoms with Crippen molar-refractivity contribution in [2.45, 2.75) is 13.3 Å². The maximum absolute atomic E-state index is 12.3. The molecule has 0 aliphatic heterocycles. The lowest BCUT2D eigenvalue weighted by molar-refractivity contribution is -0.111. The summed E-state index contributed by atoms with van der Waals surface area (Å²) in [6.45, 7) is 2.43. The highest BCUT2D eigenvalue weighted by Gasteiger charge is 2.13. The van der Waals surface area contributed by atoms with Gasteiger partial charge in [-0.25, -0.2) is 4.79 Å². The van der Waals surface area contributed by atoms with Gasteiger partial charge in [0.25, 0.3) is 11.5 Å². The van der Waals surface area contributed by atoms with E-state index in [1.807, 2.05) is 6.92 Å². The zero-order chi connectivity index (χ0) is 20.8. The van der Waals surface area contributed by atoms with E-state index in [9.17, 15) is 19.2 Å². The molecule has 0 saturated heterocycles. The number of anilines is 1. The van der Waals surface area contributed by atoms with E-state index in [2.05, 4.69) is 10.6 Å². The van der Waals surface area contributed by atoms with E-state index < -0.39 is 17.2 Å². The number of aryl methyl sites for hydroxylation is 1. The van der Waals surface area contributed by atoms with Gasteiger partial charge in [-0.1, -0.05) is 18.5 Å². The molecule has 0 saturated carbocycles. The van der Waals surface area contributed by atoms with Gasteiger partial charge < -0.3 is 15.2 Å². The summed E-state index contributed by atoms with van der Waals surface area (Å²) in [5.41, 5.74) is -0.281. The van der Waals surface area contributed by atoms with E-state index in [-0.39, 0.29) is 22.7 Å². The average molecular weight is 405 g/mol. The molecule has 1 heterocycles. The van der Waals surface area contributed by atoms with E-state index in [4.69, 9.17) is 11.6 Å². The van der Waals surface area contributed by atoms with Crippen molar-refractivity contribution in [2.75, 3.05) is 11.9 Å². The average Bonchev–Trinajstić information content (AvgIpc) is 2.66. The molecule has 1 aromatic heterocycles. The third kappa shape index (κ3) is 4.98. The monoisotopic (exact) mass is 404 g/mol. The highest BCUT2D eigenvalue weighted by Crippen LogP contribution is 2.21. The number of halogens is 1. The van der Waals surface area contributed by atoms with Crippen LogP contribution in [-0.2, 0) is 18.9 Å². The molecule has 0 bridgehead atoms. The van der Waals surface area contributed by atoms with Gasteiger partial charge in [0.2, 0.25) is 5.91 Å². The molecule has 8 nitrogen and oxygen atoms in total. The van der Waals surface area contributed by atoms with Gasteiger partial charge >= 0.3 is 5.69 Å². The Morgan fingerprint density at radius 3 is 2.61 bits per heavy atom. The highest BCUT2D eigenvalue weighted by atomic mass is 35.5. The molecule has 148 valence electrons. The van der Waals surface area contributed by atoms with Crippen LogP contribution in [0.2, 0.25) is 5.02 Å². The second kappa shape index (κ2) is 9.18. The summed E-state index contributed by atoms with van der Waals surface area (Å²) in [5, 5.41) is 5.69. The number of carbonyl (C=O) groups excluding carboxylic acids is 2. The molecule has 0 atom stereocenters. The van der Waals surface area contributed by atoms with E-state index in [0.717, 1.165) is 17.1 Å². The number of benzene rings is 1. The van der Waals surface area contributed by atoms with Crippen LogP contribution in [0, 0.1) is 0 Å². The number of hydrogen-bond donors (Lipinski definition) is 2. The minimum absolute atomic E-state index is 0.173. The fraction of sp³-hybridized carbons (Fsp3) is 0.263. The van der Waals surface area contributed by atoms with E-state index in [1.54, 1.807) is 6.07 Å². The van der Waals surface area contributed by atoms with Crippen LogP contribution >= 0.6 is 11.6 Å². The molecule has 2 amide bonds. The number of amides is 2. The predicted molar refractivity (Wildman–Crippen MR) is 109 cm³/mol.